The molecule has 0 radical (unpaired) electrons. The second-order valence-electron chi connectivity index (χ2n) is 12.9. The Morgan fingerprint density at radius 1 is 0.818 bits per heavy atom. The number of carbonyl (C=O) groups is 1. The number of pyridine rings is 1. The topological polar surface area (TPSA) is 64.1 Å². The molecule has 4 aromatic carbocycles. The Labute approximate surface area is 334 Å². The lowest BCUT2D eigenvalue weighted by Gasteiger charge is -2.34. The fraction of sp³-hybridized carbons (Fsp3) is 0.238. The molecule has 1 fully saturated rings. The smallest absolute Gasteiger partial charge is 0.416 e. The van der Waals surface area contributed by atoms with Crippen molar-refractivity contribution in [2.24, 2.45) is 0 Å². The third-order valence-corrected chi connectivity index (χ3v) is 9.39. The van der Waals surface area contributed by atoms with E-state index in [0.717, 1.165) is 55.1 Å². The largest absolute Gasteiger partial charge is 0.493 e. The van der Waals surface area contributed by atoms with Crippen LogP contribution in [0.15, 0.2) is 109 Å². The Morgan fingerprint density at radius 2 is 1.47 bits per heavy atom. The molecule has 2 heterocycles. The first-order chi connectivity index (χ1) is 26.0. The number of benzene rings is 4. The van der Waals surface area contributed by atoms with Crippen molar-refractivity contribution in [3.8, 4) is 23.1 Å². The summed E-state index contributed by atoms with van der Waals surface area (Å²) in [6.07, 6.45) is 1.21. The maximum Gasteiger partial charge on any atom is 0.416 e. The molecule has 0 spiro atoms. The van der Waals surface area contributed by atoms with Gasteiger partial charge in [-0.3, -0.25) is 9.69 Å². The molecule has 1 aliphatic rings. The summed E-state index contributed by atoms with van der Waals surface area (Å²) in [5.41, 5.74) is 3.84. The minimum atomic E-state index is -4.39. The van der Waals surface area contributed by atoms with Crippen molar-refractivity contribution in [3.63, 3.8) is 0 Å². The number of aromatic nitrogens is 1. The Kier molecular flexibility index (Phi) is 14.5. The summed E-state index contributed by atoms with van der Waals surface area (Å²) < 4.78 is 55.8. The molecule has 0 bridgehead atoms. The van der Waals surface area contributed by atoms with Gasteiger partial charge < -0.3 is 19.1 Å². The average Bonchev–Trinajstić information content (AvgIpc) is 3.16. The molecule has 13 heteroatoms. The minimum absolute atomic E-state index is 0. The van der Waals surface area contributed by atoms with Crippen molar-refractivity contribution < 1.29 is 32.2 Å². The average molecular weight is 813 g/mol. The van der Waals surface area contributed by atoms with Crippen molar-refractivity contribution in [2.45, 2.75) is 32.7 Å². The number of carbonyl (C=O) groups excluding carboxylic acids is 1. The number of aryl methyl sites for hydroxylation is 1. The molecule has 6 rings (SSSR count). The maximum absolute atomic E-state index is 13.0. The minimum Gasteiger partial charge on any atom is -0.493 e. The van der Waals surface area contributed by atoms with Crippen molar-refractivity contribution in [1.29, 1.82) is 0 Å². The summed E-state index contributed by atoms with van der Waals surface area (Å²) in [7, 11) is 0. The molecule has 288 valence electrons. The Balaban J connectivity index is 0.00000580. The number of ether oxygens (including phenoxy) is 3. The zero-order valence-corrected chi connectivity index (χ0v) is 32.2. The second kappa shape index (κ2) is 19.2. The van der Waals surface area contributed by atoms with E-state index in [0.29, 0.717) is 46.8 Å². The first-order valence-corrected chi connectivity index (χ1v) is 18.1. The van der Waals surface area contributed by atoms with E-state index in [9.17, 15) is 18.0 Å². The highest BCUT2D eigenvalue weighted by Crippen LogP contribution is 2.34. The lowest BCUT2D eigenvalue weighted by Crippen LogP contribution is -2.47. The first-order valence-electron chi connectivity index (χ1n) is 17.4. The lowest BCUT2D eigenvalue weighted by atomic mass is 10.1. The first kappa shape index (κ1) is 41.4. The number of nitrogens with zero attached hydrogens (tertiary/aromatic N) is 3. The van der Waals surface area contributed by atoms with Crippen LogP contribution in [0.5, 0.6) is 23.1 Å². The van der Waals surface area contributed by atoms with Crippen LogP contribution in [-0.2, 0) is 30.5 Å². The van der Waals surface area contributed by atoms with Gasteiger partial charge in [-0.1, -0.05) is 59.6 Å². The maximum atomic E-state index is 13.0. The zero-order chi connectivity index (χ0) is 38.1. The normalized spacial score (nSPS) is 13.4. The van der Waals surface area contributed by atoms with Crippen LogP contribution in [0.25, 0.3) is 6.08 Å². The van der Waals surface area contributed by atoms with Crippen molar-refractivity contribution >= 4 is 47.6 Å². The molecule has 0 unspecified atom stereocenters. The molecule has 7 nitrogen and oxygen atoms in total. The van der Waals surface area contributed by atoms with Crippen molar-refractivity contribution in [2.75, 3.05) is 32.8 Å². The fourth-order valence-corrected chi connectivity index (χ4v) is 6.28. The highest BCUT2D eigenvalue weighted by molar-refractivity contribution is 6.32. The summed E-state index contributed by atoms with van der Waals surface area (Å²) in [6.45, 7) is 6.20. The van der Waals surface area contributed by atoms with Gasteiger partial charge in [0.2, 0.25) is 11.8 Å². The van der Waals surface area contributed by atoms with Crippen LogP contribution in [0.3, 0.4) is 0 Å². The van der Waals surface area contributed by atoms with E-state index in [1.165, 1.54) is 29.5 Å². The van der Waals surface area contributed by atoms with Gasteiger partial charge in [0.05, 0.1) is 23.4 Å². The van der Waals surface area contributed by atoms with Gasteiger partial charge in [0.15, 0.2) is 5.75 Å². The third-order valence-electron chi connectivity index (χ3n) is 8.86. The number of hydrogen-bond donors (Lipinski definition) is 0. The molecule has 0 aliphatic carbocycles. The number of piperazine rings is 1. The van der Waals surface area contributed by atoms with E-state index in [4.69, 9.17) is 37.4 Å². The number of hydrogen-bond acceptors (Lipinski definition) is 6. The Morgan fingerprint density at radius 3 is 2.11 bits per heavy atom. The molecular formula is C42H39Cl3F3N3O4. The summed E-state index contributed by atoms with van der Waals surface area (Å²) in [6, 6.07) is 27.6. The highest BCUT2D eigenvalue weighted by Gasteiger charge is 2.30. The van der Waals surface area contributed by atoms with Crippen LogP contribution in [0, 0.1) is 6.92 Å². The van der Waals surface area contributed by atoms with Gasteiger partial charge in [0, 0.05) is 56.3 Å². The van der Waals surface area contributed by atoms with Gasteiger partial charge >= 0.3 is 6.18 Å². The molecule has 55 heavy (non-hydrogen) atoms. The summed E-state index contributed by atoms with van der Waals surface area (Å²) in [5, 5.41) is 1.05. The van der Waals surface area contributed by atoms with Gasteiger partial charge in [0.1, 0.15) is 18.1 Å². The molecule has 1 saturated heterocycles. The monoisotopic (exact) mass is 811 g/mol. The second-order valence-corrected chi connectivity index (χ2v) is 13.7. The summed E-state index contributed by atoms with van der Waals surface area (Å²) >= 11 is 12.5. The van der Waals surface area contributed by atoms with Crippen LogP contribution in [0.1, 0.15) is 33.4 Å². The molecule has 1 amide bonds. The molecule has 0 saturated carbocycles. The van der Waals surface area contributed by atoms with Crippen LogP contribution >= 0.6 is 35.6 Å². The highest BCUT2D eigenvalue weighted by atomic mass is 35.5. The van der Waals surface area contributed by atoms with Crippen LogP contribution in [-0.4, -0.2) is 53.5 Å². The van der Waals surface area contributed by atoms with E-state index in [2.05, 4.69) is 34.1 Å². The zero-order valence-electron chi connectivity index (χ0n) is 29.9. The van der Waals surface area contributed by atoms with Crippen LogP contribution in [0.2, 0.25) is 10.0 Å². The van der Waals surface area contributed by atoms with Crippen molar-refractivity contribution in [1.82, 2.24) is 14.8 Å². The Hall–Kier alpha value is -4.74. The van der Waals surface area contributed by atoms with Gasteiger partial charge in [-0.05, 0) is 95.4 Å². The van der Waals surface area contributed by atoms with Crippen LogP contribution < -0.4 is 14.2 Å². The number of halogens is 6. The SMILES string of the molecule is Cc1cc(C=CC(=O)N2CCN(Cc3ccc(CCOc4ccc(Cl)cc4)cc3)CC2)cc(Cl)c1Oc1ccc(OCc2ccc(C(F)(F)F)cc2)cn1.Cl. The van der Waals surface area contributed by atoms with Gasteiger partial charge in [-0.2, -0.15) is 13.2 Å². The molecule has 0 atom stereocenters. The van der Waals surface area contributed by atoms with E-state index < -0.39 is 11.7 Å². The predicted molar refractivity (Wildman–Crippen MR) is 212 cm³/mol. The van der Waals surface area contributed by atoms with E-state index in [1.807, 2.05) is 42.2 Å². The Bertz CT molecular complexity index is 2010. The quantitative estimate of drug-likeness (QED) is 0.110. The molecule has 0 N–H and O–H groups in total. The van der Waals surface area contributed by atoms with E-state index >= 15 is 0 Å². The van der Waals surface area contributed by atoms with Gasteiger partial charge in [0.25, 0.3) is 0 Å². The fourth-order valence-electron chi connectivity index (χ4n) is 5.84. The molecule has 1 aliphatic heterocycles. The summed E-state index contributed by atoms with van der Waals surface area (Å²) in [4.78, 5) is 21.5. The third kappa shape index (κ3) is 12.1. The predicted octanol–water partition coefficient (Wildman–Crippen LogP) is 10.5. The van der Waals surface area contributed by atoms with Crippen molar-refractivity contribution in [3.05, 3.63) is 153 Å². The molecule has 1 aromatic heterocycles. The number of rotatable bonds is 13. The molecular weight excluding hydrogens is 774 g/mol. The number of alkyl halides is 3. The van der Waals surface area contributed by atoms with E-state index in [-0.39, 0.29) is 30.8 Å². The lowest BCUT2D eigenvalue weighted by molar-refractivity contribution is -0.137. The standard InChI is InChI=1S/C42H38Cl2F3N3O4.ClH/c1-29-24-33(25-38(44)41(29)54-39-16-15-37(26-48-39)53-28-32-6-9-34(10-7-32)42(45,46)47)8-17-40(51)50-21-19-49(20-22-50)27-31-4-2-30(3-5-31)18-23-52-36-13-11-35(43)12-14-36;/h2-17,24-26H,18-23,27-28H2,1H3;1H. The van der Waals surface area contributed by atoms with Crippen LogP contribution in [0.4, 0.5) is 13.2 Å². The number of amides is 1. The molecule has 5 aromatic rings. The van der Waals surface area contributed by atoms with Gasteiger partial charge in [-0.15, -0.1) is 12.4 Å². The van der Waals surface area contributed by atoms with Gasteiger partial charge in [-0.25, -0.2) is 4.98 Å². The summed E-state index contributed by atoms with van der Waals surface area (Å²) in [5.74, 6) is 1.89. The van der Waals surface area contributed by atoms with E-state index in [1.54, 1.807) is 30.4 Å².